The number of aromatic nitrogens is 1. The number of nitrogens with one attached hydrogen (secondary N) is 2. The minimum Gasteiger partial charge on any atom is -0.372 e. The molecule has 47 heavy (non-hydrogen) atoms. The van der Waals surface area contributed by atoms with Crippen LogP contribution in [0.2, 0.25) is 0 Å². The number of pyridine rings is 1. The van der Waals surface area contributed by atoms with Gasteiger partial charge in [0.25, 0.3) is 0 Å². The Kier molecular flexibility index (Phi) is 10.8. The highest BCUT2D eigenvalue weighted by molar-refractivity contribution is 7.92. The average molecular weight is 662 g/mol. The molecule has 3 heterocycles. The highest BCUT2D eigenvalue weighted by Gasteiger charge is 2.37. The first kappa shape index (κ1) is 33.9. The zero-order valence-electron chi connectivity index (χ0n) is 26.6. The summed E-state index contributed by atoms with van der Waals surface area (Å²) in [4.78, 5) is 23.1. The van der Waals surface area contributed by atoms with Gasteiger partial charge in [-0.1, -0.05) is 48.2 Å². The van der Waals surface area contributed by atoms with Gasteiger partial charge >= 0.3 is 6.03 Å². The first-order valence-corrected chi connectivity index (χ1v) is 17.4. The van der Waals surface area contributed by atoms with Gasteiger partial charge in [-0.3, -0.25) is 4.99 Å². The second kappa shape index (κ2) is 15.0. The van der Waals surface area contributed by atoms with Crippen molar-refractivity contribution >= 4 is 27.3 Å². The molecule has 0 aliphatic carbocycles. The molecular formula is C35H37F2N5O4S. The fourth-order valence-corrected chi connectivity index (χ4v) is 6.29. The number of urea groups is 1. The summed E-state index contributed by atoms with van der Waals surface area (Å²) < 4.78 is 55.4. The number of methoxy groups -OCH3 is 1. The van der Waals surface area contributed by atoms with Gasteiger partial charge < -0.3 is 20.1 Å². The van der Waals surface area contributed by atoms with Crippen molar-refractivity contribution in [2.75, 3.05) is 32.8 Å². The van der Waals surface area contributed by atoms with E-state index in [4.69, 9.17) is 14.5 Å². The summed E-state index contributed by atoms with van der Waals surface area (Å²) in [6.07, 6.45) is 4.37. The van der Waals surface area contributed by atoms with Gasteiger partial charge in [-0.2, -0.15) is 4.36 Å². The third kappa shape index (κ3) is 8.68. The van der Waals surface area contributed by atoms with Crippen LogP contribution in [-0.2, 0) is 19.2 Å². The SMILES string of the molecule is COCC#CC1CC(NC(=O)NC2=C(C)C(c3ccc(N=S(C)(C)=O)nc3)=NCCC2c2ccccc2)C(c2ccc(F)c(F)c2)O1. The van der Waals surface area contributed by atoms with Crippen LogP contribution in [0.4, 0.5) is 19.4 Å². The Morgan fingerprint density at radius 2 is 1.89 bits per heavy atom. The van der Waals surface area contributed by atoms with E-state index in [-0.39, 0.29) is 12.5 Å². The summed E-state index contributed by atoms with van der Waals surface area (Å²) in [5.74, 6) is 4.07. The lowest BCUT2D eigenvalue weighted by Crippen LogP contribution is -2.44. The van der Waals surface area contributed by atoms with E-state index in [9.17, 15) is 17.8 Å². The van der Waals surface area contributed by atoms with Crippen molar-refractivity contribution in [3.63, 3.8) is 0 Å². The molecule has 2 amide bonds. The van der Waals surface area contributed by atoms with Gasteiger partial charge in [0.15, 0.2) is 17.5 Å². The predicted molar refractivity (Wildman–Crippen MR) is 178 cm³/mol. The molecule has 9 nitrogen and oxygen atoms in total. The summed E-state index contributed by atoms with van der Waals surface area (Å²) in [6.45, 7) is 2.61. The number of carbonyl (C=O) groups is 1. The molecule has 2 aliphatic rings. The topological polar surface area (TPSA) is 114 Å². The number of allylic oxidation sites excluding steroid dienone is 2. The van der Waals surface area contributed by atoms with E-state index in [0.717, 1.165) is 28.8 Å². The molecule has 4 atom stereocenters. The van der Waals surface area contributed by atoms with Crippen LogP contribution in [0.5, 0.6) is 0 Å². The quantitative estimate of drug-likeness (QED) is 0.310. The van der Waals surface area contributed by atoms with Gasteiger partial charge in [-0.15, -0.1) is 0 Å². The Morgan fingerprint density at radius 1 is 1.11 bits per heavy atom. The van der Waals surface area contributed by atoms with Crippen molar-refractivity contribution < 1.29 is 27.3 Å². The standard InChI is InChI=1S/C35H37F2N5O4S/c1-22-32(25-13-15-31(39-21-25)42-47(3,4)44)38-17-16-27(23-9-6-5-7-10-23)33(22)41-35(43)40-30-20-26(11-8-18-45-2)46-34(30)24-12-14-28(36)29(37)19-24/h5-7,9-10,12-15,19,21,26-27,30,34H,16-18,20H2,1-4H3,(H2,40,41,43). The molecule has 246 valence electrons. The largest absolute Gasteiger partial charge is 0.372 e. The Balaban J connectivity index is 1.45. The van der Waals surface area contributed by atoms with E-state index in [1.807, 2.05) is 43.3 Å². The molecule has 0 radical (unpaired) electrons. The van der Waals surface area contributed by atoms with Crippen LogP contribution in [0.15, 0.2) is 87.5 Å². The summed E-state index contributed by atoms with van der Waals surface area (Å²) in [6, 6.07) is 15.9. The van der Waals surface area contributed by atoms with E-state index in [2.05, 4.69) is 31.8 Å². The number of carbonyl (C=O) groups excluding carboxylic acids is 1. The number of hydrogen-bond donors (Lipinski definition) is 2. The summed E-state index contributed by atoms with van der Waals surface area (Å²) >= 11 is 0. The Bertz CT molecular complexity index is 1850. The maximum atomic E-state index is 14.2. The van der Waals surface area contributed by atoms with Crippen molar-refractivity contribution in [1.82, 2.24) is 15.6 Å². The van der Waals surface area contributed by atoms with Crippen LogP contribution in [-0.4, -0.2) is 65.9 Å². The molecule has 2 N–H and O–H groups in total. The second-order valence-corrected chi connectivity index (χ2v) is 14.2. The smallest absolute Gasteiger partial charge is 0.319 e. The van der Waals surface area contributed by atoms with Crippen molar-refractivity contribution in [3.05, 3.63) is 106 Å². The average Bonchev–Trinajstić information content (AvgIpc) is 3.36. The number of aliphatic imine (C=N–C) groups is 1. The fraction of sp³-hybridized carbons (Fsp3) is 0.343. The van der Waals surface area contributed by atoms with Crippen LogP contribution in [0, 0.1) is 23.5 Å². The van der Waals surface area contributed by atoms with Gasteiger partial charge in [0.05, 0.1) is 11.8 Å². The summed E-state index contributed by atoms with van der Waals surface area (Å²) in [5.41, 5.74) is 4.23. The van der Waals surface area contributed by atoms with Crippen molar-refractivity contribution in [3.8, 4) is 11.8 Å². The lowest BCUT2D eigenvalue weighted by atomic mass is 9.89. The van der Waals surface area contributed by atoms with E-state index < -0.39 is 45.6 Å². The highest BCUT2D eigenvalue weighted by Crippen LogP contribution is 2.35. The zero-order chi connectivity index (χ0) is 33.6. The van der Waals surface area contributed by atoms with Crippen LogP contribution in [0.3, 0.4) is 0 Å². The number of ether oxygens (including phenoxy) is 2. The summed E-state index contributed by atoms with van der Waals surface area (Å²) in [7, 11) is -0.844. The number of benzene rings is 2. The minimum atomic E-state index is -2.38. The van der Waals surface area contributed by atoms with Gasteiger partial charge in [-0.25, -0.2) is 22.8 Å². The Hall–Kier alpha value is -4.44. The number of hydrogen-bond acceptors (Lipinski definition) is 7. The molecule has 4 unspecified atom stereocenters. The lowest BCUT2D eigenvalue weighted by molar-refractivity contribution is 0.0676. The molecule has 2 aromatic carbocycles. The van der Waals surface area contributed by atoms with Crippen molar-refractivity contribution in [1.29, 1.82) is 0 Å². The molecule has 1 aromatic heterocycles. The van der Waals surface area contributed by atoms with Gasteiger partial charge in [0, 0.05) is 65.7 Å². The van der Waals surface area contributed by atoms with Gasteiger partial charge in [0.1, 0.15) is 18.8 Å². The predicted octanol–water partition coefficient (Wildman–Crippen LogP) is 5.82. The monoisotopic (exact) mass is 661 g/mol. The van der Waals surface area contributed by atoms with Crippen LogP contribution >= 0.6 is 0 Å². The molecule has 0 spiro atoms. The van der Waals surface area contributed by atoms with Crippen LogP contribution < -0.4 is 10.6 Å². The maximum absolute atomic E-state index is 14.2. The normalized spacial score (nSPS) is 21.3. The molecule has 5 rings (SSSR count). The van der Waals surface area contributed by atoms with Crippen LogP contribution in [0.25, 0.3) is 0 Å². The van der Waals surface area contributed by atoms with Gasteiger partial charge in [-0.05, 0) is 54.3 Å². The number of rotatable bonds is 7. The molecule has 12 heteroatoms. The van der Waals surface area contributed by atoms with Gasteiger partial charge in [0.2, 0.25) is 0 Å². The first-order valence-electron chi connectivity index (χ1n) is 15.1. The molecule has 2 aliphatic heterocycles. The molecule has 3 aromatic rings. The van der Waals surface area contributed by atoms with E-state index in [0.29, 0.717) is 42.2 Å². The molecular weight excluding hydrogens is 624 g/mol. The minimum absolute atomic E-state index is 0.176. The third-order valence-electron chi connectivity index (χ3n) is 7.79. The maximum Gasteiger partial charge on any atom is 0.319 e. The summed E-state index contributed by atoms with van der Waals surface area (Å²) in [5, 5.41) is 6.12. The number of nitrogens with zero attached hydrogens (tertiary/aromatic N) is 3. The van der Waals surface area contributed by atoms with E-state index in [1.54, 1.807) is 24.8 Å². The Labute approximate surface area is 274 Å². The molecule has 0 saturated carbocycles. The molecule has 1 fully saturated rings. The van der Waals surface area contributed by atoms with Crippen molar-refractivity contribution in [2.45, 2.75) is 43.9 Å². The second-order valence-electron chi connectivity index (χ2n) is 11.6. The zero-order valence-corrected chi connectivity index (χ0v) is 27.4. The van der Waals surface area contributed by atoms with Crippen LogP contribution in [0.1, 0.15) is 48.5 Å². The van der Waals surface area contributed by atoms with Crippen molar-refractivity contribution in [2.24, 2.45) is 9.36 Å². The number of amides is 2. The third-order valence-corrected chi connectivity index (χ3v) is 8.42. The van der Waals surface area contributed by atoms with E-state index >= 15 is 0 Å². The highest BCUT2D eigenvalue weighted by atomic mass is 32.2. The Morgan fingerprint density at radius 3 is 2.57 bits per heavy atom. The molecule has 1 saturated heterocycles. The van der Waals surface area contributed by atoms with E-state index in [1.165, 1.54) is 13.2 Å². The first-order chi connectivity index (χ1) is 22.5. The lowest BCUT2D eigenvalue weighted by Gasteiger charge is -2.25. The number of halogens is 2. The molecule has 0 bridgehead atoms. The fourth-order valence-electron chi connectivity index (χ4n) is 5.73.